The largest absolute Gasteiger partial charge is 0.322 e. The molecule has 5 heteroatoms. The van der Waals surface area contributed by atoms with E-state index in [1.165, 1.54) is 19.3 Å². The highest BCUT2D eigenvalue weighted by Gasteiger charge is 2.20. The van der Waals surface area contributed by atoms with Gasteiger partial charge >= 0.3 is 0 Å². The minimum atomic E-state index is -2.12. The summed E-state index contributed by atoms with van der Waals surface area (Å²) in [5, 5.41) is 0. The summed E-state index contributed by atoms with van der Waals surface area (Å²) in [5.74, 6) is 2.37. The van der Waals surface area contributed by atoms with Gasteiger partial charge in [-0.1, -0.05) is 58.8 Å². The first-order chi connectivity index (χ1) is 9.39. The zero-order valence-electron chi connectivity index (χ0n) is 13.9. The second-order valence-corrected chi connectivity index (χ2v) is 12.4. The molecule has 0 rings (SSSR count). The lowest BCUT2D eigenvalue weighted by Crippen LogP contribution is -2.02. The Hall–Kier alpha value is 0.920. The lowest BCUT2D eigenvalue weighted by atomic mass is 10.2. The predicted molar refractivity (Wildman–Crippen MR) is 97.1 cm³/mol. The first-order valence-corrected chi connectivity index (χ1v) is 12.2. The van der Waals surface area contributed by atoms with Crippen molar-refractivity contribution in [3.63, 3.8) is 0 Å². The molecule has 0 N–H and O–H groups in total. The van der Waals surface area contributed by atoms with Crippen LogP contribution >= 0.6 is 17.1 Å². The number of unbranched alkanes of at least 4 members (excludes halogenated alkanes) is 2. The molecule has 0 aliphatic rings. The Labute approximate surface area is 135 Å². The minimum absolute atomic E-state index is 0.652. The maximum atomic E-state index is 5.97. The molecular weight excluding hydrogens is 307 g/mol. The summed E-state index contributed by atoms with van der Waals surface area (Å²) in [5.41, 5.74) is -2.12. The van der Waals surface area contributed by atoms with Crippen LogP contribution in [-0.4, -0.2) is 19.0 Å². The van der Waals surface area contributed by atoms with Crippen LogP contribution in [0.5, 0.6) is 0 Å². The topological polar surface area (TPSA) is 18.5 Å². The molecule has 20 heavy (non-hydrogen) atoms. The van der Waals surface area contributed by atoms with Gasteiger partial charge in [0.15, 0.2) is 0 Å². The molecule has 0 aliphatic heterocycles. The summed E-state index contributed by atoms with van der Waals surface area (Å²) < 4.78 is 11.9. The fourth-order valence-corrected chi connectivity index (χ4v) is 5.95. The van der Waals surface area contributed by atoms with E-state index >= 15 is 0 Å². The van der Waals surface area contributed by atoms with E-state index in [4.69, 9.17) is 20.9 Å². The molecule has 0 unspecified atom stereocenters. The second kappa shape index (κ2) is 12.5. The van der Waals surface area contributed by atoms with Gasteiger partial charge in [0.05, 0.1) is 13.2 Å². The summed E-state index contributed by atoms with van der Waals surface area (Å²) in [7, 11) is 0. The fourth-order valence-electron chi connectivity index (χ4n) is 1.44. The van der Waals surface area contributed by atoms with Crippen molar-refractivity contribution >= 4 is 28.9 Å². The minimum Gasteiger partial charge on any atom is -0.322 e. The number of hydrogen-bond acceptors (Lipinski definition) is 4. The van der Waals surface area contributed by atoms with E-state index in [1.807, 2.05) is 0 Å². The van der Waals surface area contributed by atoms with Gasteiger partial charge < -0.3 is 9.05 Å². The average Bonchev–Trinajstić information content (AvgIpc) is 2.34. The molecule has 0 fully saturated rings. The molecule has 0 bridgehead atoms. The van der Waals surface area contributed by atoms with Gasteiger partial charge in [-0.25, -0.2) is 0 Å². The Morgan fingerprint density at radius 2 is 1.45 bits per heavy atom. The van der Waals surface area contributed by atoms with Crippen molar-refractivity contribution in [2.75, 3.05) is 19.0 Å². The monoisotopic (exact) mass is 340 g/mol. The van der Waals surface area contributed by atoms with Crippen LogP contribution in [0.4, 0.5) is 0 Å². The van der Waals surface area contributed by atoms with Gasteiger partial charge in [-0.15, -0.1) is 0 Å². The first-order valence-electron chi connectivity index (χ1n) is 7.93. The van der Waals surface area contributed by atoms with E-state index in [0.29, 0.717) is 11.8 Å². The van der Waals surface area contributed by atoms with E-state index in [9.17, 15) is 0 Å². The van der Waals surface area contributed by atoms with Gasteiger partial charge in [0, 0.05) is 5.75 Å². The van der Waals surface area contributed by atoms with Crippen LogP contribution in [0.3, 0.4) is 0 Å². The van der Waals surface area contributed by atoms with Gasteiger partial charge in [-0.05, 0) is 42.9 Å². The number of hydrogen-bond donors (Lipinski definition) is 0. The zero-order chi connectivity index (χ0) is 15.4. The maximum absolute atomic E-state index is 5.97. The van der Waals surface area contributed by atoms with Crippen molar-refractivity contribution in [1.82, 2.24) is 0 Å². The SMILES string of the molecule is CCCCCSP(=S)(OCCC(C)C)OCCC(C)C. The van der Waals surface area contributed by atoms with E-state index < -0.39 is 5.69 Å². The van der Waals surface area contributed by atoms with E-state index in [1.54, 1.807) is 11.4 Å². The van der Waals surface area contributed by atoms with Crippen LogP contribution < -0.4 is 0 Å². The summed E-state index contributed by atoms with van der Waals surface area (Å²) >= 11 is 7.43. The van der Waals surface area contributed by atoms with Crippen molar-refractivity contribution in [3.8, 4) is 0 Å². The smallest absolute Gasteiger partial charge is 0.247 e. The van der Waals surface area contributed by atoms with Crippen molar-refractivity contribution in [3.05, 3.63) is 0 Å². The Morgan fingerprint density at radius 1 is 0.950 bits per heavy atom. The summed E-state index contributed by atoms with van der Waals surface area (Å²) in [6.07, 6.45) is 5.83. The third-order valence-electron chi connectivity index (χ3n) is 2.89. The first kappa shape index (κ1) is 20.9. The Morgan fingerprint density at radius 3 is 1.85 bits per heavy atom. The highest BCUT2D eigenvalue weighted by atomic mass is 32.9. The molecule has 0 saturated carbocycles. The summed E-state index contributed by atoms with van der Waals surface area (Å²) in [4.78, 5) is 0. The lowest BCUT2D eigenvalue weighted by Gasteiger charge is -2.22. The molecule has 122 valence electrons. The lowest BCUT2D eigenvalue weighted by molar-refractivity contribution is 0.237. The Bertz CT molecular complexity index is 253. The molecule has 0 amide bonds. The maximum Gasteiger partial charge on any atom is 0.247 e. The molecule has 0 radical (unpaired) electrons. The second-order valence-electron chi connectivity index (χ2n) is 6.02. The van der Waals surface area contributed by atoms with Crippen LogP contribution in [-0.2, 0) is 20.9 Å². The van der Waals surface area contributed by atoms with E-state index in [2.05, 4.69) is 34.6 Å². The molecule has 0 aromatic rings. The molecular formula is C15H33O2PS2. The van der Waals surface area contributed by atoms with Gasteiger partial charge in [0.25, 0.3) is 0 Å². The van der Waals surface area contributed by atoms with Crippen molar-refractivity contribution < 1.29 is 9.05 Å². The van der Waals surface area contributed by atoms with Crippen LogP contribution in [0.15, 0.2) is 0 Å². The standard InChI is InChI=1S/C15H33O2PS2/c1-6-7-8-13-20-18(19,16-11-9-14(2)3)17-12-10-15(4)5/h14-15H,6-13H2,1-5H3. The van der Waals surface area contributed by atoms with Gasteiger partial charge in [-0.3, -0.25) is 0 Å². The Balaban J connectivity index is 4.16. The molecule has 2 nitrogen and oxygen atoms in total. The van der Waals surface area contributed by atoms with Gasteiger partial charge in [-0.2, -0.15) is 0 Å². The zero-order valence-corrected chi connectivity index (χ0v) is 16.4. The fraction of sp³-hybridized carbons (Fsp3) is 1.00. The highest BCUT2D eigenvalue weighted by Crippen LogP contribution is 2.61. The van der Waals surface area contributed by atoms with E-state index in [0.717, 1.165) is 31.8 Å². The summed E-state index contributed by atoms with van der Waals surface area (Å²) in [6, 6.07) is 0. The average molecular weight is 341 g/mol. The van der Waals surface area contributed by atoms with E-state index in [-0.39, 0.29) is 0 Å². The molecule has 0 saturated heterocycles. The molecule has 0 aliphatic carbocycles. The third kappa shape index (κ3) is 12.6. The van der Waals surface area contributed by atoms with Crippen molar-refractivity contribution in [2.24, 2.45) is 11.8 Å². The third-order valence-corrected chi connectivity index (χ3v) is 8.38. The van der Waals surface area contributed by atoms with Gasteiger partial charge in [0.1, 0.15) is 0 Å². The van der Waals surface area contributed by atoms with Crippen molar-refractivity contribution in [1.29, 1.82) is 0 Å². The Kier molecular flexibility index (Phi) is 13.0. The highest BCUT2D eigenvalue weighted by molar-refractivity contribution is 8.67. The van der Waals surface area contributed by atoms with Crippen LogP contribution in [0.25, 0.3) is 0 Å². The van der Waals surface area contributed by atoms with Crippen molar-refractivity contribution in [2.45, 2.75) is 66.7 Å². The summed E-state index contributed by atoms with van der Waals surface area (Å²) in [6.45, 7) is 12.5. The van der Waals surface area contributed by atoms with Crippen LogP contribution in [0, 0.1) is 11.8 Å². The molecule has 0 heterocycles. The normalized spacial score (nSPS) is 12.6. The van der Waals surface area contributed by atoms with Crippen LogP contribution in [0.2, 0.25) is 0 Å². The molecule has 0 aromatic carbocycles. The molecule has 0 atom stereocenters. The molecule has 0 spiro atoms. The van der Waals surface area contributed by atoms with Gasteiger partial charge in [0.2, 0.25) is 5.69 Å². The molecule has 0 aromatic heterocycles. The quantitative estimate of drug-likeness (QED) is 0.291. The van der Waals surface area contributed by atoms with Crippen LogP contribution in [0.1, 0.15) is 66.7 Å². The number of rotatable bonds is 13. The predicted octanol–water partition coefficient (Wildman–Crippen LogP) is 6.26.